The molecule has 42 heavy (non-hydrogen) atoms. The van der Waals surface area contributed by atoms with Crippen LogP contribution < -0.4 is 15.8 Å². The Bertz CT molecular complexity index is 1770. The lowest BCUT2D eigenvalue weighted by atomic mass is 10.00. The third-order valence-corrected chi connectivity index (χ3v) is 7.69. The second-order valence-corrected chi connectivity index (χ2v) is 11.0. The highest BCUT2D eigenvalue weighted by Gasteiger charge is 2.35. The largest absolute Gasteiger partial charge is 0.486 e. The van der Waals surface area contributed by atoms with Gasteiger partial charge in [0.2, 0.25) is 0 Å². The molecule has 0 aliphatic heterocycles. The average Bonchev–Trinajstić information content (AvgIpc) is 3.57. The van der Waals surface area contributed by atoms with E-state index in [2.05, 4.69) is 24.1 Å². The maximum atomic E-state index is 13.8. The van der Waals surface area contributed by atoms with Gasteiger partial charge < -0.3 is 20.2 Å². The van der Waals surface area contributed by atoms with Crippen molar-refractivity contribution < 1.29 is 31.9 Å². The number of thiophene rings is 1. The second-order valence-electron chi connectivity index (χ2n) is 10.0. The standard InChI is InChI=1S/C31H26F3N3O4S/c1-16(2)18-8-10-20(11-9-18)40-15-21-12-13-23(41-21)29(39)37-26-25-22(19-6-4-17(3)5-7-19)14-24(31(32,33)34)36-30(25)42-27(26)28(35)38/h4-14,16H,15H2,1-3H3,(H2,35,38)(H,37,39). The van der Waals surface area contributed by atoms with E-state index in [1.807, 2.05) is 31.2 Å². The highest BCUT2D eigenvalue weighted by atomic mass is 32.1. The van der Waals surface area contributed by atoms with Crippen LogP contribution in [-0.2, 0) is 12.8 Å². The van der Waals surface area contributed by atoms with E-state index in [-0.39, 0.29) is 38.7 Å². The summed E-state index contributed by atoms with van der Waals surface area (Å²) in [4.78, 5) is 29.1. The molecule has 2 aromatic carbocycles. The Labute approximate surface area is 243 Å². The topological polar surface area (TPSA) is 107 Å². The summed E-state index contributed by atoms with van der Waals surface area (Å²) >= 11 is 0.674. The quantitative estimate of drug-likeness (QED) is 0.190. The van der Waals surface area contributed by atoms with Crippen molar-refractivity contribution in [3.05, 3.63) is 99.9 Å². The SMILES string of the molecule is Cc1ccc(-c2cc(C(F)(F)F)nc3sc(C(N)=O)c(NC(=O)c4ccc(COc5ccc(C(C)C)cc5)o4)c23)cc1. The van der Waals surface area contributed by atoms with Gasteiger partial charge in [-0.1, -0.05) is 55.8 Å². The Hall–Kier alpha value is -4.64. The number of amides is 2. The molecule has 0 fully saturated rings. The summed E-state index contributed by atoms with van der Waals surface area (Å²) in [6.45, 7) is 6.09. The molecule has 5 rings (SSSR count). The number of fused-ring (bicyclic) bond motifs is 1. The number of alkyl halides is 3. The molecular weight excluding hydrogens is 567 g/mol. The molecule has 3 aromatic heterocycles. The van der Waals surface area contributed by atoms with Gasteiger partial charge in [0, 0.05) is 5.39 Å². The van der Waals surface area contributed by atoms with Gasteiger partial charge in [0.1, 0.15) is 33.5 Å². The van der Waals surface area contributed by atoms with Gasteiger partial charge in [0.25, 0.3) is 11.8 Å². The van der Waals surface area contributed by atoms with Gasteiger partial charge in [0.05, 0.1) is 5.69 Å². The first-order chi connectivity index (χ1) is 19.9. The molecule has 0 saturated carbocycles. The minimum Gasteiger partial charge on any atom is -0.486 e. The molecule has 2 amide bonds. The first-order valence-electron chi connectivity index (χ1n) is 12.9. The van der Waals surface area contributed by atoms with Crippen molar-refractivity contribution in [3.8, 4) is 16.9 Å². The van der Waals surface area contributed by atoms with Crippen LogP contribution in [0.15, 0.2) is 71.1 Å². The third-order valence-electron chi connectivity index (χ3n) is 6.59. The predicted molar refractivity (Wildman–Crippen MR) is 155 cm³/mol. The number of rotatable bonds is 8. The van der Waals surface area contributed by atoms with E-state index < -0.39 is 23.7 Å². The van der Waals surface area contributed by atoms with Gasteiger partial charge in [-0.3, -0.25) is 9.59 Å². The summed E-state index contributed by atoms with van der Waals surface area (Å²) < 4.78 is 52.7. The molecule has 0 bridgehead atoms. The number of hydrogen-bond acceptors (Lipinski definition) is 6. The van der Waals surface area contributed by atoms with Gasteiger partial charge in [-0.05, 0) is 59.9 Å². The molecule has 11 heteroatoms. The number of benzene rings is 2. The lowest BCUT2D eigenvalue weighted by Crippen LogP contribution is -2.16. The van der Waals surface area contributed by atoms with Gasteiger partial charge in [0.15, 0.2) is 5.76 Å². The Morgan fingerprint density at radius 2 is 1.74 bits per heavy atom. The van der Waals surface area contributed by atoms with Crippen LogP contribution in [-0.4, -0.2) is 16.8 Å². The number of primary amides is 1. The van der Waals surface area contributed by atoms with Crippen LogP contribution >= 0.6 is 11.3 Å². The summed E-state index contributed by atoms with van der Waals surface area (Å²) in [5.41, 5.74) is 7.08. The number of carbonyl (C=O) groups is 2. The Morgan fingerprint density at radius 3 is 2.36 bits per heavy atom. The lowest BCUT2D eigenvalue weighted by molar-refractivity contribution is -0.140. The van der Waals surface area contributed by atoms with E-state index in [1.54, 1.807) is 30.3 Å². The van der Waals surface area contributed by atoms with Crippen molar-refractivity contribution in [2.75, 3.05) is 5.32 Å². The molecule has 3 N–H and O–H groups in total. The number of anilines is 1. The highest BCUT2D eigenvalue weighted by Crippen LogP contribution is 2.44. The molecule has 0 radical (unpaired) electrons. The van der Waals surface area contributed by atoms with Crippen LogP contribution in [0.2, 0.25) is 0 Å². The monoisotopic (exact) mass is 593 g/mol. The number of carbonyl (C=O) groups excluding carboxylic acids is 2. The zero-order valence-corrected chi connectivity index (χ0v) is 23.7. The highest BCUT2D eigenvalue weighted by molar-refractivity contribution is 7.21. The Morgan fingerprint density at radius 1 is 1.05 bits per heavy atom. The number of aryl methyl sites for hydroxylation is 1. The minimum atomic E-state index is -4.74. The fourth-order valence-corrected chi connectivity index (χ4v) is 5.36. The fourth-order valence-electron chi connectivity index (χ4n) is 4.35. The summed E-state index contributed by atoms with van der Waals surface area (Å²) in [5.74, 6) is -0.346. The number of pyridine rings is 1. The van der Waals surface area contributed by atoms with E-state index in [1.165, 1.54) is 11.6 Å². The molecule has 7 nitrogen and oxygen atoms in total. The molecule has 216 valence electrons. The van der Waals surface area contributed by atoms with Gasteiger partial charge >= 0.3 is 6.18 Å². The zero-order chi connectivity index (χ0) is 30.2. The Balaban J connectivity index is 1.47. The van der Waals surface area contributed by atoms with Crippen molar-refractivity contribution in [2.45, 2.75) is 39.5 Å². The fraction of sp³-hybridized carbons (Fsp3) is 0.194. The van der Waals surface area contributed by atoms with E-state index in [0.717, 1.165) is 11.6 Å². The van der Waals surface area contributed by atoms with Crippen molar-refractivity contribution in [1.29, 1.82) is 0 Å². The maximum Gasteiger partial charge on any atom is 0.433 e. The number of nitrogens with zero attached hydrogens (tertiary/aromatic N) is 1. The molecule has 0 aliphatic rings. The van der Waals surface area contributed by atoms with Crippen LogP contribution in [0.25, 0.3) is 21.3 Å². The van der Waals surface area contributed by atoms with Crippen molar-refractivity contribution >= 4 is 39.1 Å². The number of aromatic nitrogens is 1. The van der Waals surface area contributed by atoms with Crippen molar-refractivity contribution in [3.63, 3.8) is 0 Å². The third kappa shape index (κ3) is 6.01. The number of hydrogen-bond donors (Lipinski definition) is 2. The number of furan rings is 1. The first kappa shape index (κ1) is 28.9. The van der Waals surface area contributed by atoms with Crippen LogP contribution in [0.4, 0.5) is 18.9 Å². The van der Waals surface area contributed by atoms with E-state index in [4.69, 9.17) is 14.9 Å². The van der Waals surface area contributed by atoms with Crippen LogP contribution in [0.3, 0.4) is 0 Å². The van der Waals surface area contributed by atoms with E-state index >= 15 is 0 Å². The normalized spacial score (nSPS) is 11.7. The summed E-state index contributed by atoms with van der Waals surface area (Å²) in [7, 11) is 0. The number of ether oxygens (including phenoxy) is 1. The maximum absolute atomic E-state index is 13.8. The minimum absolute atomic E-state index is 0.0382. The molecule has 0 spiro atoms. The molecular formula is C31H26F3N3O4S. The van der Waals surface area contributed by atoms with Gasteiger partial charge in [-0.25, -0.2) is 4.98 Å². The summed E-state index contributed by atoms with van der Waals surface area (Å²) in [6, 6.07) is 18.4. The van der Waals surface area contributed by atoms with Crippen LogP contribution in [0, 0.1) is 6.92 Å². The number of halogens is 3. The summed E-state index contributed by atoms with van der Waals surface area (Å²) in [6.07, 6.45) is -4.74. The lowest BCUT2D eigenvalue weighted by Gasteiger charge is -2.12. The van der Waals surface area contributed by atoms with Gasteiger partial charge in [-0.15, -0.1) is 11.3 Å². The van der Waals surface area contributed by atoms with E-state index in [0.29, 0.717) is 34.3 Å². The molecule has 0 saturated heterocycles. The smallest absolute Gasteiger partial charge is 0.433 e. The molecule has 0 atom stereocenters. The van der Waals surface area contributed by atoms with Crippen molar-refractivity contribution in [1.82, 2.24) is 4.98 Å². The average molecular weight is 594 g/mol. The number of nitrogens with one attached hydrogen (secondary N) is 1. The van der Waals surface area contributed by atoms with Crippen molar-refractivity contribution in [2.24, 2.45) is 5.73 Å². The number of nitrogens with two attached hydrogens (primary N) is 1. The molecule has 0 unspecified atom stereocenters. The van der Waals surface area contributed by atoms with Crippen LogP contribution in [0.1, 0.15) is 62.6 Å². The van der Waals surface area contributed by atoms with Gasteiger partial charge in [-0.2, -0.15) is 13.2 Å². The Kier molecular flexibility index (Phi) is 7.79. The first-order valence-corrected chi connectivity index (χ1v) is 13.8. The molecule has 5 aromatic rings. The zero-order valence-electron chi connectivity index (χ0n) is 22.8. The molecule has 3 heterocycles. The summed E-state index contributed by atoms with van der Waals surface area (Å²) in [5, 5.41) is 2.80. The molecule has 0 aliphatic carbocycles. The van der Waals surface area contributed by atoms with E-state index in [9.17, 15) is 22.8 Å². The second kappa shape index (κ2) is 11.3. The van der Waals surface area contributed by atoms with Crippen LogP contribution in [0.5, 0.6) is 5.75 Å². The predicted octanol–water partition coefficient (Wildman–Crippen LogP) is 7.94.